The molecule has 1 aromatic heterocycles. The van der Waals surface area contributed by atoms with E-state index >= 15 is 0 Å². The first-order valence-electron chi connectivity index (χ1n) is 3.96. The lowest BCUT2D eigenvalue weighted by molar-refractivity contribution is 0.567. The van der Waals surface area contributed by atoms with E-state index in [2.05, 4.69) is 30.7 Å². The van der Waals surface area contributed by atoms with E-state index in [1.54, 1.807) is 0 Å². The fourth-order valence-electron chi connectivity index (χ4n) is 0.975. The van der Waals surface area contributed by atoms with Gasteiger partial charge in [-0.25, -0.2) is 4.98 Å². The molecule has 0 saturated carbocycles. The average Bonchev–Trinajstić information content (AvgIpc) is 2.37. The molecule has 0 amide bonds. The van der Waals surface area contributed by atoms with Crippen LogP contribution in [0.25, 0.3) is 0 Å². The van der Waals surface area contributed by atoms with E-state index in [0.29, 0.717) is 0 Å². The predicted molar refractivity (Wildman–Crippen MR) is 47.8 cm³/mol. The van der Waals surface area contributed by atoms with Gasteiger partial charge >= 0.3 is 0 Å². The Morgan fingerprint density at radius 1 is 1.64 bits per heavy atom. The van der Waals surface area contributed by atoms with Gasteiger partial charge in [0.15, 0.2) is 5.16 Å². The minimum absolute atomic E-state index is 0.765. The van der Waals surface area contributed by atoms with Crippen LogP contribution in [0.4, 0.5) is 0 Å². The van der Waals surface area contributed by atoms with Crippen molar-refractivity contribution in [3.05, 3.63) is 12.4 Å². The summed E-state index contributed by atoms with van der Waals surface area (Å²) in [6.45, 7) is 3.21. The number of nitrogens with zero attached hydrogens (tertiary/aromatic N) is 2. The van der Waals surface area contributed by atoms with Crippen molar-refractivity contribution in [1.29, 1.82) is 0 Å². The van der Waals surface area contributed by atoms with Gasteiger partial charge in [-0.05, 0) is 6.42 Å². The fraction of sp³-hybridized carbons (Fsp3) is 0.625. The number of imidazole rings is 1. The molecule has 0 spiro atoms. The monoisotopic (exact) mass is 169 g/mol. The summed E-state index contributed by atoms with van der Waals surface area (Å²) in [5.41, 5.74) is 0. The summed E-state index contributed by atoms with van der Waals surface area (Å²) in [5, 5.41) is 0.765. The van der Waals surface area contributed by atoms with Crippen LogP contribution in [0.1, 0.15) is 26.2 Å². The van der Waals surface area contributed by atoms with Gasteiger partial charge in [0.05, 0.1) is 0 Å². The Hall–Kier alpha value is -0.440. The zero-order valence-electron chi connectivity index (χ0n) is 6.75. The maximum Gasteiger partial charge on any atom is 0.165 e. The predicted octanol–water partition coefficient (Wildman–Crippen LogP) is 2.16. The fourth-order valence-corrected chi connectivity index (χ4v) is 1.19. The minimum Gasteiger partial charge on any atom is -0.326 e. The third-order valence-corrected chi connectivity index (χ3v) is 1.99. The van der Waals surface area contributed by atoms with Gasteiger partial charge in [-0.2, -0.15) is 0 Å². The Morgan fingerprint density at radius 3 is 3.00 bits per heavy atom. The summed E-state index contributed by atoms with van der Waals surface area (Å²) < 4.78 is 2.01. The molecular formula is C8H13N2S. The van der Waals surface area contributed by atoms with E-state index in [-0.39, 0.29) is 0 Å². The summed E-state index contributed by atoms with van der Waals surface area (Å²) in [4.78, 5) is 3.90. The highest BCUT2D eigenvalue weighted by molar-refractivity contribution is 7.80. The molecule has 0 atom stereocenters. The van der Waals surface area contributed by atoms with Crippen molar-refractivity contribution in [2.24, 2.45) is 0 Å². The first kappa shape index (κ1) is 8.65. The molecular weight excluding hydrogens is 156 g/mol. The molecule has 2 nitrogen and oxygen atoms in total. The second-order valence-corrected chi connectivity index (χ2v) is 2.97. The van der Waals surface area contributed by atoms with Gasteiger partial charge in [-0.1, -0.05) is 19.8 Å². The molecule has 61 valence electrons. The maximum atomic E-state index is 4.17. The van der Waals surface area contributed by atoms with Crippen molar-refractivity contribution in [2.45, 2.75) is 37.9 Å². The highest BCUT2D eigenvalue weighted by Crippen LogP contribution is 2.04. The van der Waals surface area contributed by atoms with E-state index < -0.39 is 0 Å². The highest BCUT2D eigenvalue weighted by atomic mass is 32.1. The largest absolute Gasteiger partial charge is 0.326 e. The smallest absolute Gasteiger partial charge is 0.165 e. The molecule has 0 unspecified atom stereocenters. The second kappa shape index (κ2) is 4.44. The van der Waals surface area contributed by atoms with Crippen molar-refractivity contribution in [3.63, 3.8) is 0 Å². The number of thiol groups is 1. The average molecular weight is 169 g/mol. The highest BCUT2D eigenvalue weighted by Gasteiger charge is 1.95. The molecule has 0 N–H and O–H groups in total. The Kier molecular flexibility index (Phi) is 3.49. The molecule has 0 aromatic carbocycles. The molecule has 1 rings (SSSR count). The quantitative estimate of drug-likeness (QED) is 0.540. The SMILES string of the molecule is CCCCCn1c[c]nc1S. The lowest BCUT2D eigenvalue weighted by atomic mass is 10.2. The van der Waals surface area contributed by atoms with E-state index in [9.17, 15) is 0 Å². The van der Waals surface area contributed by atoms with Gasteiger partial charge in [-0.15, -0.1) is 12.6 Å². The van der Waals surface area contributed by atoms with Gasteiger partial charge in [0.25, 0.3) is 0 Å². The first-order valence-corrected chi connectivity index (χ1v) is 4.41. The van der Waals surface area contributed by atoms with E-state index in [1.807, 2.05) is 10.8 Å². The van der Waals surface area contributed by atoms with Crippen molar-refractivity contribution in [2.75, 3.05) is 0 Å². The topological polar surface area (TPSA) is 17.8 Å². The van der Waals surface area contributed by atoms with Crippen molar-refractivity contribution in [1.82, 2.24) is 9.55 Å². The van der Waals surface area contributed by atoms with Crippen LogP contribution >= 0.6 is 12.6 Å². The maximum absolute atomic E-state index is 4.17. The van der Waals surface area contributed by atoms with E-state index in [0.717, 1.165) is 11.7 Å². The van der Waals surface area contributed by atoms with Gasteiger partial charge < -0.3 is 4.57 Å². The van der Waals surface area contributed by atoms with Crippen LogP contribution in [0, 0.1) is 6.20 Å². The van der Waals surface area contributed by atoms with Crippen LogP contribution in [0.15, 0.2) is 11.4 Å². The van der Waals surface area contributed by atoms with Gasteiger partial charge in [0.1, 0.15) is 6.20 Å². The normalized spacial score (nSPS) is 10.4. The molecule has 0 aliphatic carbocycles. The Bertz CT molecular complexity index is 208. The Labute approximate surface area is 73.0 Å². The first-order chi connectivity index (χ1) is 5.34. The van der Waals surface area contributed by atoms with Crippen LogP contribution < -0.4 is 0 Å². The van der Waals surface area contributed by atoms with Gasteiger partial charge in [0.2, 0.25) is 0 Å². The van der Waals surface area contributed by atoms with Crippen LogP contribution in [-0.4, -0.2) is 9.55 Å². The summed E-state index contributed by atoms with van der Waals surface area (Å²) in [6, 6.07) is 0. The summed E-state index contributed by atoms with van der Waals surface area (Å²) in [6.07, 6.45) is 8.33. The third kappa shape index (κ3) is 2.58. The van der Waals surface area contributed by atoms with Crippen LogP contribution in [-0.2, 0) is 6.54 Å². The number of aryl methyl sites for hydroxylation is 1. The second-order valence-electron chi connectivity index (χ2n) is 2.57. The van der Waals surface area contributed by atoms with Gasteiger partial charge in [-0.3, -0.25) is 0 Å². The molecule has 11 heavy (non-hydrogen) atoms. The number of hydrogen-bond donors (Lipinski definition) is 1. The summed E-state index contributed by atoms with van der Waals surface area (Å²) in [7, 11) is 0. The number of unbranched alkanes of at least 4 members (excludes halogenated alkanes) is 2. The molecule has 1 aromatic rings. The van der Waals surface area contributed by atoms with Crippen molar-refractivity contribution in [3.8, 4) is 0 Å². The van der Waals surface area contributed by atoms with E-state index in [4.69, 9.17) is 0 Å². The number of hydrogen-bond acceptors (Lipinski definition) is 2. The van der Waals surface area contributed by atoms with Gasteiger partial charge in [0, 0.05) is 12.7 Å². The Balaban J connectivity index is 2.32. The molecule has 1 radical (unpaired) electrons. The number of rotatable bonds is 4. The van der Waals surface area contributed by atoms with Crippen LogP contribution in [0.5, 0.6) is 0 Å². The standard InChI is InChI=1S/C8H13N2S/c1-2-3-4-6-10-7-5-9-8(10)11/h7H,2-4,6H2,1H3,(H,9,11). The van der Waals surface area contributed by atoms with Crippen molar-refractivity contribution < 1.29 is 0 Å². The molecule has 0 saturated heterocycles. The van der Waals surface area contributed by atoms with Crippen LogP contribution in [0.3, 0.4) is 0 Å². The Morgan fingerprint density at radius 2 is 2.45 bits per heavy atom. The molecule has 0 aliphatic rings. The molecule has 0 aliphatic heterocycles. The van der Waals surface area contributed by atoms with Crippen LogP contribution in [0.2, 0.25) is 0 Å². The summed E-state index contributed by atoms with van der Waals surface area (Å²) in [5.74, 6) is 0. The molecule has 0 fully saturated rings. The van der Waals surface area contributed by atoms with Crippen molar-refractivity contribution >= 4 is 12.6 Å². The number of aromatic nitrogens is 2. The third-order valence-electron chi connectivity index (χ3n) is 1.64. The zero-order chi connectivity index (χ0) is 8.10. The molecule has 0 bridgehead atoms. The lowest BCUT2D eigenvalue weighted by Crippen LogP contribution is -1.96. The van der Waals surface area contributed by atoms with E-state index in [1.165, 1.54) is 19.3 Å². The minimum atomic E-state index is 0.765. The summed E-state index contributed by atoms with van der Waals surface area (Å²) >= 11 is 4.17. The lowest BCUT2D eigenvalue weighted by Gasteiger charge is -2.01. The zero-order valence-corrected chi connectivity index (χ0v) is 7.64. The molecule has 1 heterocycles. The molecule has 3 heteroatoms.